The zero-order chi connectivity index (χ0) is 11.7. The van der Waals surface area contributed by atoms with Crippen molar-refractivity contribution in [1.29, 1.82) is 0 Å². The first-order valence-electron chi connectivity index (χ1n) is 6.50. The highest BCUT2D eigenvalue weighted by Crippen LogP contribution is 2.41. The average molecular weight is 222 g/mol. The number of rotatable bonds is 1. The summed E-state index contributed by atoms with van der Waals surface area (Å²) in [6.45, 7) is 2.35. The minimum atomic E-state index is 0.601. The van der Waals surface area contributed by atoms with Gasteiger partial charge in [-0.15, -0.1) is 0 Å². The summed E-state index contributed by atoms with van der Waals surface area (Å²) in [7, 11) is 0. The van der Waals surface area contributed by atoms with Gasteiger partial charge < -0.3 is 0 Å². The van der Waals surface area contributed by atoms with Crippen LogP contribution in [0.5, 0.6) is 0 Å². The second kappa shape index (κ2) is 4.37. The molecule has 0 bridgehead atoms. The lowest BCUT2D eigenvalue weighted by Gasteiger charge is -2.30. The first-order chi connectivity index (χ1) is 8.36. The lowest BCUT2D eigenvalue weighted by molar-refractivity contribution is 0.545. The molecule has 0 heterocycles. The van der Waals surface area contributed by atoms with Crippen LogP contribution in [-0.4, -0.2) is 0 Å². The van der Waals surface area contributed by atoms with Crippen LogP contribution in [0.3, 0.4) is 0 Å². The van der Waals surface area contributed by atoms with Gasteiger partial charge in [-0.05, 0) is 35.4 Å². The van der Waals surface area contributed by atoms with Crippen molar-refractivity contribution in [3.63, 3.8) is 0 Å². The molecule has 0 spiro atoms. The second-order valence-corrected chi connectivity index (χ2v) is 5.07. The van der Waals surface area contributed by atoms with Crippen LogP contribution in [0.2, 0.25) is 0 Å². The molecule has 0 nitrogen and oxygen atoms in total. The van der Waals surface area contributed by atoms with E-state index in [1.165, 1.54) is 24.0 Å². The Kier molecular flexibility index (Phi) is 2.72. The van der Waals surface area contributed by atoms with Crippen molar-refractivity contribution >= 4 is 0 Å². The molecule has 2 aromatic carbocycles. The third-order valence-electron chi connectivity index (χ3n) is 3.99. The second-order valence-electron chi connectivity index (χ2n) is 5.07. The van der Waals surface area contributed by atoms with Gasteiger partial charge in [-0.2, -0.15) is 0 Å². The highest BCUT2D eigenvalue weighted by molar-refractivity contribution is 5.41. The summed E-state index contributed by atoms with van der Waals surface area (Å²) >= 11 is 0. The van der Waals surface area contributed by atoms with Crippen molar-refractivity contribution in [3.05, 3.63) is 71.3 Å². The molecule has 0 aromatic heterocycles. The van der Waals surface area contributed by atoms with Gasteiger partial charge in [0, 0.05) is 5.92 Å². The highest BCUT2D eigenvalue weighted by atomic mass is 14.3. The van der Waals surface area contributed by atoms with Gasteiger partial charge in [0.25, 0.3) is 0 Å². The van der Waals surface area contributed by atoms with Crippen LogP contribution in [0.15, 0.2) is 54.6 Å². The third kappa shape index (κ3) is 1.88. The Hall–Kier alpha value is -1.56. The van der Waals surface area contributed by atoms with Crippen molar-refractivity contribution < 1.29 is 0 Å². The maximum Gasteiger partial charge on any atom is 0.00923 e. The average Bonchev–Trinajstić information content (AvgIpc) is 2.41. The molecule has 1 unspecified atom stereocenters. The predicted octanol–water partition coefficient (Wildman–Crippen LogP) is 4.72. The zero-order valence-corrected chi connectivity index (χ0v) is 10.3. The van der Waals surface area contributed by atoms with Crippen LogP contribution < -0.4 is 0 Å². The first kappa shape index (κ1) is 10.6. The minimum absolute atomic E-state index is 0.601. The Balaban J connectivity index is 2.07. The van der Waals surface area contributed by atoms with Crippen molar-refractivity contribution in [2.45, 2.75) is 31.6 Å². The molecule has 0 saturated carbocycles. The predicted molar refractivity (Wildman–Crippen MR) is 72.4 cm³/mol. The topological polar surface area (TPSA) is 0 Å². The monoisotopic (exact) mass is 222 g/mol. The molecule has 0 aliphatic heterocycles. The van der Waals surface area contributed by atoms with E-state index in [-0.39, 0.29) is 0 Å². The molecule has 1 aliphatic rings. The Labute approximate surface area is 103 Å². The van der Waals surface area contributed by atoms with Gasteiger partial charge in [-0.3, -0.25) is 0 Å². The molecule has 0 radical (unpaired) electrons. The lowest BCUT2D eigenvalue weighted by atomic mass is 9.75. The van der Waals surface area contributed by atoms with E-state index in [1.807, 2.05) is 0 Å². The Morgan fingerprint density at radius 1 is 0.765 bits per heavy atom. The van der Waals surface area contributed by atoms with Crippen LogP contribution in [0, 0.1) is 0 Å². The fourth-order valence-electron chi connectivity index (χ4n) is 3.04. The van der Waals surface area contributed by atoms with E-state index in [1.54, 1.807) is 5.56 Å². The van der Waals surface area contributed by atoms with Gasteiger partial charge in [0.15, 0.2) is 0 Å². The molecule has 0 fully saturated rings. The summed E-state index contributed by atoms with van der Waals surface area (Å²) in [6, 6.07) is 19.9. The fourth-order valence-corrected chi connectivity index (χ4v) is 3.04. The smallest absolute Gasteiger partial charge is 0.00923 e. The van der Waals surface area contributed by atoms with Crippen LogP contribution in [-0.2, 0) is 0 Å². The van der Waals surface area contributed by atoms with Crippen molar-refractivity contribution in [2.24, 2.45) is 0 Å². The minimum Gasteiger partial charge on any atom is -0.0622 e. The van der Waals surface area contributed by atoms with E-state index in [0.717, 1.165) is 0 Å². The molecular formula is C17H18. The van der Waals surface area contributed by atoms with E-state index in [9.17, 15) is 0 Å². The van der Waals surface area contributed by atoms with Gasteiger partial charge in [0.2, 0.25) is 0 Å². The maximum atomic E-state index is 2.35. The molecular weight excluding hydrogens is 204 g/mol. The van der Waals surface area contributed by atoms with E-state index in [2.05, 4.69) is 61.5 Å². The van der Waals surface area contributed by atoms with Crippen LogP contribution in [0.1, 0.15) is 48.3 Å². The number of benzene rings is 2. The highest BCUT2D eigenvalue weighted by Gasteiger charge is 2.24. The summed E-state index contributed by atoms with van der Waals surface area (Å²) in [5, 5.41) is 0. The van der Waals surface area contributed by atoms with Crippen molar-refractivity contribution in [1.82, 2.24) is 0 Å². The van der Waals surface area contributed by atoms with Crippen molar-refractivity contribution in [3.8, 4) is 0 Å². The summed E-state index contributed by atoms with van der Waals surface area (Å²) in [6.07, 6.45) is 2.58. The largest absolute Gasteiger partial charge is 0.0622 e. The molecule has 86 valence electrons. The van der Waals surface area contributed by atoms with Crippen LogP contribution in [0.4, 0.5) is 0 Å². The summed E-state index contributed by atoms with van der Waals surface area (Å²) in [4.78, 5) is 0. The summed E-state index contributed by atoms with van der Waals surface area (Å²) in [5.41, 5.74) is 4.55. The van der Waals surface area contributed by atoms with Gasteiger partial charge in [0.1, 0.15) is 0 Å². The number of hydrogen-bond acceptors (Lipinski definition) is 0. The zero-order valence-electron chi connectivity index (χ0n) is 10.3. The molecule has 2 atom stereocenters. The SMILES string of the molecule is C[C@@H]1CCC(c2ccccc2)c2ccccc21. The van der Waals surface area contributed by atoms with E-state index >= 15 is 0 Å². The molecule has 0 amide bonds. The van der Waals surface area contributed by atoms with E-state index < -0.39 is 0 Å². The molecule has 0 heteroatoms. The maximum absolute atomic E-state index is 2.35. The number of hydrogen-bond donors (Lipinski definition) is 0. The molecule has 17 heavy (non-hydrogen) atoms. The normalized spacial score (nSPS) is 23.1. The quantitative estimate of drug-likeness (QED) is 0.655. The van der Waals surface area contributed by atoms with Crippen LogP contribution >= 0.6 is 0 Å². The third-order valence-corrected chi connectivity index (χ3v) is 3.99. The number of fused-ring (bicyclic) bond motifs is 1. The van der Waals surface area contributed by atoms with E-state index in [4.69, 9.17) is 0 Å². The van der Waals surface area contributed by atoms with Crippen molar-refractivity contribution in [2.75, 3.05) is 0 Å². The molecule has 3 rings (SSSR count). The van der Waals surface area contributed by atoms with Gasteiger partial charge in [-0.25, -0.2) is 0 Å². The van der Waals surface area contributed by atoms with Gasteiger partial charge in [0.05, 0.1) is 0 Å². The molecule has 0 saturated heterocycles. The molecule has 2 aromatic rings. The Morgan fingerprint density at radius 3 is 2.18 bits per heavy atom. The van der Waals surface area contributed by atoms with Crippen LogP contribution in [0.25, 0.3) is 0 Å². The summed E-state index contributed by atoms with van der Waals surface area (Å²) in [5.74, 6) is 1.31. The molecule has 0 N–H and O–H groups in total. The first-order valence-corrected chi connectivity index (χ1v) is 6.50. The molecule has 1 aliphatic carbocycles. The van der Waals surface area contributed by atoms with Gasteiger partial charge in [-0.1, -0.05) is 61.5 Å². The van der Waals surface area contributed by atoms with Gasteiger partial charge >= 0.3 is 0 Å². The standard InChI is InChI=1S/C17H18/c1-13-11-12-16(14-7-3-2-4-8-14)17-10-6-5-9-15(13)17/h2-10,13,16H,11-12H2,1H3/t13-,16?/m1/s1. The fraction of sp³-hybridized carbons (Fsp3) is 0.294. The summed E-state index contributed by atoms with van der Waals surface area (Å²) < 4.78 is 0. The Bertz CT molecular complexity index is 498. The van der Waals surface area contributed by atoms with E-state index in [0.29, 0.717) is 11.8 Å². The Morgan fingerprint density at radius 2 is 1.41 bits per heavy atom. The lowest BCUT2D eigenvalue weighted by Crippen LogP contribution is -2.13.